The van der Waals surface area contributed by atoms with Gasteiger partial charge in [0.15, 0.2) is 0 Å². The van der Waals surface area contributed by atoms with Gasteiger partial charge in [0.1, 0.15) is 6.07 Å². The van der Waals surface area contributed by atoms with Gasteiger partial charge in [-0.25, -0.2) is 0 Å². The highest BCUT2D eigenvalue weighted by molar-refractivity contribution is 5.65. The average Bonchev–Trinajstić information content (AvgIpc) is 3.14. The van der Waals surface area contributed by atoms with Gasteiger partial charge in [-0.1, -0.05) is 25.0 Å². The largest absolute Gasteiger partial charge is 0.322 e. The third-order valence-corrected chi connectivity index (χ3v) is 4.45. The van der Waals surface area contributed by atoms with Gasteiger partial charge in [-0.2, -0.15) is 5.26 Å². The van der Waals surface area contributed by atoms with Crippen LogP contribution < -0.4 is 0 Å². The molecule has 3 heteroatoms. The second kappa shape index (κ2) is 6.15. The molecule has 1 fully saturated rings. The lowest BCUT2D eigenvalue weighted by Crippen LogP contribution is -2.32. The quantitative estimate of drug-likeness (QED) is 0.781. The van der Waals surface area contributed by atoms with Gasteiger partial charge in [0.05, 0.1) is 11.1 Å². The summed E-state index contributed by atoms with van der Waals surface area (Å²) in [7, 11) is 0. The van der Waals surface area contributed by atoms with Gasteiger partial charge < -0.3 is 4.40 Å². The first-order chi connectivity index (χ1) is 10.3. The van der Waals surface area contributed by atoms with E-state index in [9.17, 15) is 5.26 Å². The highest BCUT2D eigenvalue weighted by atomic mass is 15.2. The van der Waals surface area contributed by atoms with Gasteiger partial charge in [0.25, 0.3) is 0 Å². The fraction of sp³-hybridized carbons (Fsp3) is 0.389. The molecular weight excluding hydrogens is 258 g/mol. The number of fused-ring (bicyclic) bond motifs is 1. The van der Waals surface area contributed by atoms with E-state index in [0.717, 1.165) is 29.7 Å². The van der Waals surface area contributed by atoms with E-state index in [4.69, 9.17) is 0 Å². The molecule has 3 nitrogen and oxygen atoms in total. The lowest BCUT2D eigenvalue weighted by molar-refractivity contribution is 0.211. The van der Waals surface area contributed by atoms with Crippen LogP contribution in [0.2, 0.25) is 0 Å². The molecule has 2 aromatic rings. The predicted molar refractivity (Wildman–Crippen MR) is 85.0 cm³/mol. The third kappa shape index (κ3) is 2.72. The molecule has 0 spiro atoms. The van der Waals surface area contributed by atoms with Crippen molar-refractivity contribution in [2.24, 2.45) is 0 Å². The summed E-state index contributed by atoms with van der Waals surface area (Å²) in [6, 6.07) is 9.01. The molecule has 21 heavy (non-hydrogen) atoms. The Kier molecular flexibility index (Phi) is 4.08. The summed E-state index contributed by atoms with van der Waals surface area (Å²) in [6.45, 7) is 5.61. The van der Waals surface area contributed by atoms with Crippen LogP contribution in [0.5, 0.6) is 0 Å². The monoisotopic (exact) mass is 279 g/mol. The first-order valence-corrected chi connectivity index (χ1v) is 7.67. The molecular formula is C18H21N3. The van der Waals surface area contributed by atoms with Crippen molar-refractivity contribution in [1.29, 1.82) is 5.26 Å². The van der Waals surface area contributed by atoms with E-state index in [1.54, 1.807) is 0 Å². The Morgan fingerprint density at radius 1 is 1.38 bits per heavy atom. The SMILES string of the molecule is C=CCN(Cc1cn2ccccc2c1C#N)C1CCCC1. The van der Waals surface area contributed by atoms with Crippen LogP contribution in [0, 0.1) is 11.3 Å². The van der Waals surface area contributed by atoms with Crippen LogP contribution in [0.1, 0.15) is 36.8 Å². The number of nitriles is 1. The molecule has 0 radical (unpaired) electrons. The fourth-order valence-electron chi connectivity index (χ4n) is 3.42. The number of pyridine rings is 1. The van der Waals surface area contributed by atoms with Crippen molar-refractivity contribution < 1.29 is 0 Å². The highest BCUT2D eigenvalue weighted by Gasteiger charge is 2.23. The third-order valence-electron chi connectivity index (χ3n) is 4.45. The Morgan fingerprint density at radius 2 is 2.19 bits per heavy atom. The zero-order chi connectivity index (χ0) is 14.7. The molecule has 0 amide bonds. The Morgan fingerprint density at radius 3 is 2.90 bits per heavy atom. The predicted octanol–water partition coefficient (Wildman–Crippen LogP) is 3.74. The summed E-state index contributed by atoms with van der Waals surface area (Å²) in [6.07, 6.45) is 11.3. The van der Waals surface area contributed by atoms with E-state index < -0.39 is 0 Å². The molecule has 2 heterocycles. The maximum absolute atomic E-state index is 9.51. The molecule has 2 aromatic heterocycles. The number of nitrogens with zero attached hydrogens (tertiary/aromatic N) is 3. The normalized spacial score (nSPS) is 15.6. The minimum Gasteiger partial charge on any atom is -0.322 e. The Balaban J connectivity index is 1.91. The second-order valence-electron chi connectivity index (χ2n) is 5.79. The first-order valence-electron chi connectivity index (χ1n) is 7.67. The molecule has 0 N–H and O–H groups in total. The minimum absolute atomic E-state index is 0.637. The molecule has 0 aromatic carbocycles. The highest BCUT2D eigenvalue weighted by Crippen LogP contribution is 2.27. The van der Waals surface area contributed by atoms with E-state index in [-0.39, 0.29) is 0 Å². The Bertz CT molecular complexity index is 671. The number of hydrogen-bond donors (Lipinski definition) is 0. The number of aromatic nitrogens is 1. The molecule has 0 unspecified atom stereocenters. The molecule has 0 atom stereocenters. The van der Waals surface area contributed by atoms with E-state index in [1.807, 2.05) is 30.5 Å². The fourth-order valence-corrected chi connectivity index (χ4v) is 3.42. The van der Waals surface area contributed by atoms with E-state index in [2.05, 4.69) is 28.1 Å². The van der Waals surface area contributed by atoms with Crippen molar-refractivity contribution in [3.63, 3.8) is 0 Å². The Labute approximate surface area is 126 Å². The molecule has 0 aliphatic heterocycles. The summed E-state index contributed by atoms with van der Waals surface area (Å²) in [5, 5.41) is 9.51. The average molecular weight is 279 g/mol. The van der Waals surface area contributed by atoms with Crippen molar-refractivity contribution >= 4 is 5.52 Å². The van der Waals surface area contributed by atoms with Crippen molar-refractivity contribution in [2.45, 2.75) is 38.3 Å². The molecule has 0 saturated heterocycles. The molecule has 108 valence electrons. The van der Waals surface area contributed by atoms with E-state index >= 15 is 0 Å². The summed E-state index contributed by atoms with van der Waals surface area (Å²) < 4.78 is 2.05. The molecule has 1 aliphatic carbocycles. The summed E-state index contributed by atoms with van der Waals surface area (Å²) in [4.78, 5) is 2.47. The van der Waals surface area contributed by atoms with Gasteiger partial charge in [-0.3, -0.25) is 4.90 Å². The van der Waals surface area contributed by atoms with Crippen LogP contribution in [0.25, 0.3) is 5.52 Å². The molecule has 1 aliphatic rings. The first kappa shape index (κ1) is 13.9. The summed E-state index contributed by atoms with van der Waals surface area (Å²) in [5.41, 5.74) is 2.93. The van der Waals surface area contributed by atoms with E-state index in [0.29, 0.717) is 6.04 Å². The standard InChI is InChI=1S/C18H21N3/c1-2-10-20(16-7-3-4-8-16)13-15-14-21-11-6-5-9-18(21)17(15)12-19/h2,5-6,9,11,14,16H,1,3-4,7-8,10,13H2. The van der Waals surface area contributed by atoms with Crippen molar-refractivity contribution in [1.82, 2.24) is 9.30 Å². The van der Waals surface area contributed by atoms with Gasteiger partial charge in [-0.05, 0) is 25.0 Å². The lowest BCUT2D eigenvalue weighted by Gasteiger charge is -2.27. The number of hydrogen-bond acceptors (Lipinski definition) is 2. The maximum atomic E-state index is 9.51. The summed E-state index contributed by atoms with van der Waals surface area (Å²) >= 11 is 0. The van der Waals surface area contributed by atoms with Crippen LogP contribution >= 0.6 is 0 Å². The van der Waals surface area contributed by atoms with Crippen LogP contribution in [0.4, 0.5) is 0 Å². The molecule has 3 rings (SSSR count). The zero-order valence-electron chi connectivity index (χ0n) is 12.3. The van der Waals surface area contributed by atoms with Gasteiger partial charge in [0, 0.05) is 37.1 Å². The minimum atomic E-state index is 0.637. The van der Waals surface area contributed by atoms with E-state index in [1.165, 1.54) is 25.7 Å². The Hall–Kier alpha value is -2.05. The number of rotatable bonds is 5. The molecule has 0 bridgehead atoms. The van der Waals surface area contributed by atoms with Crippen LogP contribution in [-0.2, 0) is 6.54 Å². The van der Waals surface area contributed by atoms with Gasteiger partial charge in [-0.15, -0.1) is 6.58 Å². The van der Waals surface area contributed by atoms with Crippen LogP contribution in [-0.4, -0.2) is 21.9 Å². The van der Waals surface area contributed by atoms with Crippen molar-refractivity contribution in [3.05, 3.63) is 54.4 Å². The van der Waals surface area contributed by atoms with Crippen molar-refractivity contribution in [3.8, 4) is 6.07 Å². The zero-order valence-corrected chi connectivity index (χ0v) is 12.3. The van der Waals surface area contributed by atoms with Crippen LogP contribution in [0.3, 0.4) is 0 Å². The van der Waals surface area contributed by atoms with Gasteiger partial charge in [0.2, 0.25) is 0 Å². The summed E-state index contributed by atoms with van der Waals surface area (Å²) in [5.74, 6) is 0. The molecule has 1 saturated carbocycles. The topological polar surface area (TPSA) is 31.4 Å². The lowest BCUT2D eigenvalue weighted by atomic mass is 10.1. The van der Waals surface area contributed by atoms with Crippen molar-refractivity contribution in [2.75, 3.05) is 6.54 Å². The maximum Gasteiger partial charge on any atom is 0.102 e. The smallest absolute Gasteiger partial charge is 0.102 e. The van der Waals surface area contributed by atoms with Crippen LogP contribution in [0.15, 0.2) is 43.2 Å². The second-order valence-corrected chi connectivity index (χ2v) is 5.79. The van der Waals surface area contributed by atoms with Gasteiger partial charge >= 0.3 is 0 Å².